The van der Waals surface area contributed by atoms with Crippen LogP contribution in [0.2, 0.25) is 10.0 Å². The molecule has 1 amide bonds. The Labute approximate surface area is 216 Å². The van der Waals surface area contributed by atoms with Crippen LogP contribution < -0.4 is 5.56 Å². The molecule has 36 heavy (non-hydrogen) atoms. The number of fused-ring (bicyclic) bond motifs is 1. The molecule has 3 aromatic heterocycles. The van der Waals surface area contributed by atoms with Crippen LogP contribution in [-0.4, -0.2) is 54.4 Å². The summed E-state index contributed by atoms with van der Waals surface area (Å²) in [5, 5.41) is 9.22. The maximum Gasteiger partial charge on any atom is 0.410 e. The minimum Gasteiger partial charge on any atom is -0.444 e. The molecule has 1 fully saturated rings. The molecule has 0 bridgehead atoms. The second-order valence-corrected chi connectivity index (χ2v) is 10.4. The largest absolute Gasteiger partial charge is 0.444 e. The first-order chi connectivity index (χ1) is 17.1. The third-order valence-corrected chi connectivity index (χ3v) is 6.77. The SMILES string of the molecule is CC(C)(C)OC(=O)N1CCC(c2cc(=O)[nH]c3c(-c4nc(-c5cccc(Cl)c5Cl)no4)cnn23)CC1. The molecule has 4 heterocycles. The van der Waals surface area contributed by atoms with Crippen molar-refractivity contribution in [2.45, 2.75) is 45.1 Å². The molecule has 0 atom stereocenters. The monoisotopic (exact) mass is 530 g/mol. The van der Waals surface area contributed by atoms with Crippen molar-refractivity contribution in [2.75, 3.05) is 13.1 Å². The molecule has 0 radical (unpaired) electrons. The van der Waals surface area contributed by atoms with Crippen LogP contribution in [0.5, 0.6) is 0 Å². The van der Waals surface area contributed by atoms with Gasteiger partial charge in [-0.05, 0) is 45.7 Å². The van der Waals surface area contributed by atoms with Gasteiger partial charge in [0.15, 0.2) is 0 Å². The number of H-pyrrole nitrogens is 1. The molecule has 12 heteroatoms. The summed E-state index contributed by atoms with van der Waals surface area (Å²) in [6, 6.07) is 6.70. The van der Waals surface area contributed by atoms with Gasteiger partial charge >= 0.3 is 6.09 Å². The minimum absolute atomic E-state index is 0.0322. The lowest BCUT2D eigenvalue weighted by Crippen LogP contribution is -2.41. The lowest BCUT2D eigenvalue weighted by Gasteiger charge is -2.33. The van der Waals surface area contributed by atoms with E-state index in [2.05, 4.69) is 20.2 Å². The maximum atomic E-state index is 12.6. The number of halogens is 2. The summed E-state index contributed by atoms with van der Waals surface area (Å²) in [5.74, 6) is 0.484. The third kappa shape index (κ3) is 4.70. The summed E-state index contributed by atoms with van der Waals surface area (Å²) in [7, 11) is 0. The molecular weight excluding hydrogens is 507 g/mol. The second kappa shape index (κ2) is 9.25. The summed E-state index contributed by atoms with van der Waals surface area (Å²) >= 11 is 12.4. The Morgan fingerprint density at radius 1 is 1.19 bits per heavy atom. The quantitative estimate of drug-likeness (QED) is 0.388. The number of aromatic nitrogens is 5. The van der Waals surface area contributed by atoms with Crippen molar-refractivity contribution in [2.24, 2.45) is 0 Å². The molecule has 4 aromatic rings. The Hall–Kier alpha value is -3.37. The van der Waals surface area contributed by atoms with E-state index < -0.39 is 5.60 Å². The number of carbonyl (C=O) groups is 1. The van der Waals surface area contributed by atoms with Gasteiger partial charge in [0, 0.05) is 30.6 Å². The van der Waals surface area contributed by atoms with Crippen molar-refractivity contribution in [3.8, 4) is 22.8 Å². The Bertz CT molecular complexity index is 1490. The van der Waals surface area contributed by atoms with Gasteiger partial charge < -0.3 is 19.1 Å². The first kappa shape index (κ1) is 24.3. The van der Waals surface area contributed by atoms with E-state index in [9.17, 15) is 9.59 Å². The first-order valence-electron chi connectivity index (χ1n) is 11.5. The predicted molar refractivity (Wildman–Crippen MR) is 134 cm³/mol. The van der Waals surface area contributed by atoms with Crippen LogP contribution in [-0.2, 0) is 4.74 Å². The average Bonchev–Trinajstić information content (AvgIpc) is 3.46. The summed E-state index contributed by atoms with van der Waals surface area (Å²) in [4.78, 5) is 34.0. The normalized spacial score (nSPS) is 15.0. The Balaban J connectivity index is 1.42. The third-order valence-electron chi connectivity index (χ3n) is 5.95. The fraction of sp³-hybridized carbons (Fsp3) is 0.375. The summed E-state index contributed by atoms with van der Waals surface area (Å²) in [6.45, 7) is 6.58. The number of amides is 1. The number of nitrogens with one attached hydrogen (secondary N) is 1. The van der Waals surface area contributed by atoms with E-state index in [4.69, 9.17) is 32.5 Å². The van der Waals surface area contributed by atoms with Crippen molar-refractivity contribution < 1.29 is 14.1 Å². The molecular formula is C24H24Cl2N6O4. The smallest absolute Gasteiger partial charge is 0.410 e. The van der Waals surface area contributed by atoms with E-state index in [1.54, 1.807) is 39.9 Å². The molecule has 1 aliphatic heterocycles. The highest BCUT2D eigenvalue weighted by Crippen LogP contribution is 2.34. The number of likely N-dealkylation sites (tertiary alicyclic amines) is 1. The van der Waals surface area contributed by atoms with E-state index in [0.29, 0.717) is 52.8 Å². The van der Waals surface area contributed by atoms with Gasteiger partial charge in [0.25, 0.3) is 11.4 Å². The van der Waals surface area contributed by atoms with Gasteiger partial charge in [-0.3, -0.25) is 4.79 Å². The zero-order valence-electron chi connectivity index (χ0n) is 19.9. The highest BCUT2D eigenvalue weighted by Gasteiger charge is 2.29. The lowest BCUT2D eigenvalue weighted by atomic mass is 9.93. The number of ether oxygens (including phenoxy) is 1. The van der Waals surface area contributed by atoms with Crippen LogP contribution in [0.25, 0.3) is 28.5 Å². The fourth-order valence-electron chi connectivity index (χ4n) is 4.26. The van der Waals surface area contributed by atoms with Gasteiger partial charge in [-0.1, -0.05) is 34.4 Å². The number of rotatable bonds is 3. The number of hydrogen-bond acceptors (Lipinski definition) is 7. The molecule has 1 aromatic carbocycles. The molecule has 0 aliphatic carbocycles. The van der Waals surface area contributed by atoms with Crippen molar-refractivity contribution in [3.63, 3.8) is 0 Å². The summed E-state index contributed by atoms with van der Waals surface area (Å²) in [6.07, 6.45) is 2.59. The summed E-state index contributed by atoms with van der Waals surface area (Å²) in [5.41, 5.74) is 1.39. The highest BCUT2D eigenvalue weighted by molar-refractivity contribution is 6.43. The van der Waals surface area contributed by atoms with Crippen molar-refractivity contribution in [1.29, 1.82) is 0 Å². The van der Waals surface area contributed by atoms with Crippen molar-refractivity contribution in [1.82, 2.24) is 29.6 Å². The second-order valence-electron chi connectivity index (χ2n) is 9.64. The predicted octanol–water partition coefficient (Wildman–Crippen LogP) is 5.16. The number of aromatic amines is 1. The van der Waals surface area contributed by atoms with Crippen LogP contribution in [0.15, 0.2) is 39.8 Å². The van der Waals surface area contributed by atoms with E-state index in [-0.39, 0.29) is 29.3 Å². The van der Waals surface area contributed by atoms with Crippen LogP contribution in [0.1, 0.15) is 45.2 Å². The molecule has 1 N–H and O–H groups in total. The molecule has 0 spiro atoms. The Morgan fingerprint density at radius 3 is 2.67 bits per heavy atom. The number of nitrogens with zero attached hydrogens (tertiary/aromatic N) is 5. The topological polar surface area (TPSA) is 119 Å². The zero-order chi connectivity index (χ0) is 25.6. The van der Waals surface area contributed by atoms with Crippen LogP contribution in [0.3, 0.4) is 0 Å². The van der Waals surface area contributed by atoms with E-state index in [1.807, 2.05) is 20.8 Å². The Morgan fingerprint density at radius 2 is 1.94 bits per heavy atom. The van der Waals surface area contributed by atoms with E-state index >= 15 is 0 Å². The number of carbonyl (C=O) groups excluding carboxylic acids is 1. The lowest BCUT2D eigenvalue weighted by molar-refractivity contribution is 0.0203. The average molecular weight is 531 g/mol. The summed E-state index contributed by atoms with van der Waals surface area (Å²) < 4.78 is 12.6. The van der Waals surface area contributed by atoms with E-state index in [0.717, 1.165) is 5.69 Å². The minimum atomic E-state index is -0.551. The van der Waals surface area contributed by atoms with Gasteiger partial charge in [-0.15, -0.1) is 0 Å². The van der Waals surface area contributed by atoms with Crippen LogP contribution >= 0.6 is 23.2 Å². The number of piperidine rings is 1. The van der Waals surface area contributed by atoms with Crippen LogP contribution in [0, 0.1) is 0 Å². The van der Waals surface area contributed by atoms with Gasteiger partial charge in [-0.2, -0.15) is 10.1 Å². The van der Waals surface area contributed by atoms with Gasteiger partial charge in [0.05, 0.1) is 21.9 Å². The van der Waals surface area contributed by atoms with Gasteiger partial charge in [0.2, 0.25) is 5.82 Å². The van der Waals surface area contributed by atoms with Crippen molar-refractivity contribution >= 4 is 34.9 Å². The Kier molecular flexibility index (Phi) is 6.25. The molecule has 0 saturated carbocycles. The molecule has 5 rings (SSSR count). The highest BCUT2D eigenvalue weighted by atomic mass is 35.5. The maximum absolute atomic E-state index is 12.6. The standard InChI is InChI=1S/C24H24Cl2N6O4/c1-24(2,3)35-23(34)31-9-7-13(8-10-31)17-11-18(33)28-21-15(12-27-32(17)21)22-29-20(30-36-22)14-5-4-6-16(25)19(14)26/h4-6,11-13H,7-10H2,1-3H3,(H,28,33). The number of benzene rings is 1. The van der Waals surface area contributed by atoms with Crippen molar-refractivity contribution in [3.05, 3.63) is 56.6 Å². The van der Waals surface area contributed by atoms with Crippen LogP contribution in [0.4, 0.5) is 4.79 Å². The molecule has 1 saturated heterocycles. The zero-order valence-corrected chi connectivity index (χ0v) is 21.4. The van der Waals surface area contributed by atoms with Gasteiger partial charge in [0.1, 0.15) is 16.8 Å². The van der Waals surface area contributed by atoms with E-state index in [1.165, 1.54) is 0 Å². The number of hydrogen-bond donors (Lipinski definition) is 1. The fourth-order valence-corrected chi connectivity index (χ4v) is 4.65. The molecule has 10 nitrogen and oxygen atoms in total. The molecule has 188 valence electrons. The molecule has 0 unspecified atom stereocenters. The van der Waals surface area contributed by atoms with Gasteiger partial charge in [-0.25, -0.2) is 9.31 Å². The molecule has 1 aliphatic rings. The first-order valence-corrected chi connectivity index (χ1v) is 12.2.